The van der Waals surface area contributed by atoms with Crippen LogP contribution in [0, 0.1) is 10.1 Å². The monoisotopic (exact) mass is 410 g/mol. The van der Waals surface area contributed by atoms with Crippen LogP contribution in [0.2, 0.25) is 0 Å². The average Bonchev–Trinajstić information content (AvgIpc) is 3.10. The molecule has 1 aliphatic rings. The summed E-state index contributed by atoms with van der Waals surface area (Å²) in [4.78, 5) is 10.2. The molecule has 0 N–H and O–H groups in total. The molecule has 1 unspecified atom stereocenters. The minimum absolute atomic E-state index is 0.125. The number of rotatable bonds is 6. The van der Waals surface area contributed by atoms with Gasteiger partial charge in [0.15, 0.2) is 14.7 Å². The molecule has 1 aliphatic heterocycles. The summed E-state index contributed by atoms with van der Waals surface area (Å²) < 4.78 is 52.4. The zero-order valence-corrected chi connectivity index (χ0v) is 15.9. The number of para-hydroxylation sites is 1. The van der Waals surface area contributed by atoms with Crippen LogP contribution in [-0.4, -0.2) is 44.4 Å². The first kappa shape index (κ1) is 19.5. The van der Waals surface area contributed by atoms with Crippen molar-refractivity contribution in [3.63, 3.8) is 0 Å². The molecule has 0 amide bonds. The van der Waals surface area contributed by atoms with Gasteiger partial charge >= 0.3 is 0 Å². The lowest BCUT2D eigenvalue weighted by Crippen LogP contribution is -2.39. The molecule has 0 saturated carbocycles. The fourth-order valence-corrected chi connectivity index (χ4v) is 6.79. The third kappa shape index (κ3) is 3.87. The van der Waals surface area contributed by atoms with Gasteiger partial charge in [-0.3, -0.25) is 10.1 Å². The summed E-state index contributed by atoms with van der Waals surface area (Å²) in [6.45, 7) is 0.128. The van der Waals surface area contributed by atoms with E-state index >= 15 is 0 Å². The van der Waals surface area contributed by atoms with Gasteiger partial charge in [-0.1, -0.05) is 30.3 Å². The Hall–Kier alpha value is -2.30. The molecular formula is C17H18N2O6S2. The summed E-state index contributed by atoms with van der Waals surface area (Å²) in [7, 11) is -7.88. The van der Waals surface area contributed by atoms with Crippen molar-refractivity contribution in [2.24, 2.45) is 0 Å². The quantitative estimate of drug-likeness (QED) is 0.533. The van der Waals surface area contributed by atoms with Crippen molar-refractivity contribution in [1.82, 2.24) is 4.31 Å². The van der Waals surface area contributed by atoms with Gasteiger partial charge in [0, 0.05) is 18.7 Å². The van der Waals surface area contributed by atoms with E-state index in [0.717, 1.165) is 10.4 Å². The third-order valence-electron chi connectivity index (χ3n) is 4.49. The minimum Gasteiger partial charge on any atom is -0.258 e. The zero-order valence-electron chi connectivity index (χ0n) is 14.3. The van der Waals surface area contributed by atoms with E-state index in [2.05, 4.69) is 0 Å². The maximum atomic E-state index is 13.0. The van der Waals surface area contributed by atoms with Gasteiger partial charge in [0.25, 0.3) is 5.69 Å². The maximum Gasteiger partial charge on any atom is 0.289 e. The van der Waals surface area contributed by atoms with Crippen LogP contribution in [0.5, 0.6) is 0 Å². The Morgan fingerprint density at radius 3 is 2.30 bits per heavy atom. The SMILES string of the molecule is O=[N+]([O-])c1ccccc1S(=O)(=O)N1CCCC1CS(=O)(=O)c1ccccc1. The van der Waals surface area contributed by atoms with Gasteiger partial charge in [-0.15, -0.1) is 0 Å². The molecule has 8 nitrogen and oxygen atoms in total. The van der Waals surface area contributed by atoms with Crippen LogP contribution in [0.25, 0.3) is 0 Å². The summed E-state index contributed by atoms with van der Waals surface area (Å²) in [5, 5.41) is 11.2. The molecule has 2 aromatic rings. The number of nitro groups is 1. The molecule has 144 valence electrons. The van der Waals surface area contributed by atoms with Gasteiger partial charge < -0.3 is 0 Å². The normalized spacial score (nSPS) is 18.4. The highest BCUT2D eigenvalue weighted by atomic mass is 32.2. The molecule has 0 radical (unpaired) electrons. The largest absolute Gasteiger partial charge is 0.289 e. The lowest BCUT2D eigenvalue weighted by atomic mass is 10.3. The molecule has 0 aromatic heterocycles. The van der Waals surface area contributed by atoms with Crippen molar-refractivity contribution in [3.05, 3.63) is 64.7 Å². The predicted octanol–water partition coefficient (Wildman–Crippen LogP) is 2.22. The van der Waals surface area contributed by atoms with E-state index in [0.29, 0.717) is 12.8 Å². The summed E-state index contributed by atoms with van der Waals surface area (Å²) in [6.07, 6.45) is 0.876. The first-order valence-electron chi connectivity index (χ1n) is 8.26. The highest BCUT2D eigenvalue weighted by Crippen LogP contribution is 2.32. The van der Waals surface area contributed by atoms with Gasteiger partial charge in [0.1, 0.15) is 0 Å². The fraction of sp³-hybridized carbons (Fsp3) is 0.294. The van der Waals surface area contributed by atoms with E-state index in [1.165, 1.54) is 30.3 Å². The second-order valence-electron chi connectivity index (χ2n) is 6.23. The minimum atomic E-state index is -4.19. The van der Waals surface area contributed by atoms with Crippen molar-refractivity contribution in [3.8, 4) is 0 Å². The lowest BCUT2D eigenvalue weighted by molar-refractivity contribution is -0.387. The third-order valence-corrected chi connectivity index (χ3v) is 8.30. The lowest BCUT2D eigenvalue weighted by Gasteiger charge is -2.24. The Bertz CT molecular complexity index is 1050. The zero-order chi connectivity index (χ0) is 19.7. The van der Waals surface area contributed by atoms with E-state index in [9.17, 15) is 26.9 Å². The Morgan fingerprint density at radius 2 is 1.63 bits per heavy atom. The Morgan fingerprint density at radius 1 is 1.00 bits per heavy atom. The molecule has 0 bridgehead atoms. The molecule has 1 atom stereocenters. The van der Waals surface area contributed by atoms with Crippen molar-refractivity contribution in [2.75, 3.05) is 12.3 Å². The highest BCUT2D eigenvalue weighted by molar-refractivity contribution is 7.91. The Kier molecular flexibility index (Phi) is 5.31. The van der Waals surface area contributed by atoms with Crippen LogP contribution in [0.3, 0.4) is 0 Å². The first-order valence-corrected chi connectivity index (χ1v) is 11.4. The maximum absolute atomic E-state index is 13.0. The number of sulfone groups is 1. The van der Waals surface area contributed by atoms with Gasteiger partial charge in [-0.05, 0) is 31.0 Å². The molecule has 3 rings (SSSR count). The van der Waals surface area contributed by atoms with Gasteiger partial charge in [0.2, 0.25) is 10.0 Å². The van der Waals surface area contributed by atoms with E-state index in [1.54, 1.807) is 18.2 Å². The smallest absolute Gasteiger partial charge is 0.258 e. The van der Waals surface area contributed by atoms with Crippen LogP contribution in [0.1, 0.15) is 12.8 Å². The number of nitrogens with zero attached hydrogens (tertiary/aromatic N) is 2. The summed E-state index contributed by atoms with van der Waals surface area (Å²) in [5.41, 5.74) is -0.519. The molecule has 1 saturated heterocycles. The number of nitro benzene ring substituents is 1. The van der Waals surface area contributed by atoms with Crippen molar-refractivity contribution >= 4 is 25.5 Å². The molecular weight excluding hydrogens is 392 g/mol. The highest BCUT2D eigenvalue weighted by Gasteiger charge is 2.40. The van der Waals surface area contributed by atoms with Crippen LogP contribution in [0.15, 0.2) is 64.4 Å². The molecule has 2 aromatic carbocycles. The Balaban J connectivity index is 1.94. The van der Waals surface area contributed by atoms with Crippen LogP contribution >= 0.6 is 0 Å². The predicted molar refractivity (Wildman–Crippen MR) is 98.5 cm³/mol. The molecule has 10 heteroatoms. The van der Waals surface area contributed by atoms with Crippen molar-refractivity contribution < 1.29 is 21.8 Å². The number of hydrogen-bond donors (Lipinski definition) is 0. The second-order valence-corrected chi connectivity index (χ2v) is 10.1. The van der Waals surface area contributed by atoms with Crippen LogP contribution in [0.4, 0.5) is 5.69 Å². The fourth-order valence-electron chi connectivity index (χ4n) is 3.22. The topological polar surface area (TPSA) is 115 Å². The molecule has 27 heavy (non-hydrogen) atoms. The van der Waals surface area contributed by atoms with Gasteiger partial charge in [-0.25, -0.2) is 16.8 Å². The average molecular weight is 410 g/mol. The van der Waals surface area contributed by atoms with E-state index in [-0.39, 0.29) is 17.2 Å². The molecule has 0 aliphatic carbocycles. The number of benzene rings is 2. The van der Waals surface area contributed by atoms with Crippen molar-refractivity contribution in [2.45, 2.75) is 28.7 Å². The first-order chi connectivity index (χ1) is 12.7. The van der Waals surface area contributed by atoms with Crippen LogP contribution in [-0.2, 0) is 19.9 Å². The standard InChI is InChI=1S/C17H18N2O6S2/c20-19(21)16-10-4-5-11-17(16)27(24,25)18-12-6-7-14(18)13-26(22,23)15-8-2-1-3-9-15/h1-5,8-11,14H,6-7,12-13H2. The van der Waals surface area contributed by atoms with E-state index in [1.807, 2.05) is 0 Å². The summed E-state index contributed by atoms with van der Waals surface area (Å²) >= 11 is 0. The second kappa shape index (κ2) is 7.37. The van der Waals surface area contributed by atoms with Crippen LogP contribution < -0.4 is 0 Å². The van der Waals surface area contributed by atoms with E-state index < -0.39 is 41.4 Å². The molecule has 1 fully saturated rings. The summed E-state index contributed by atoms with van der Waals surface area (Å²) in [5.74, 6) is -0.364. The Labute approximate surface area is 157 Å². The molecule has 1 heterocycles. The summed E-state index contributed by atoms with van der Waals surface area (Å²) in [6, 6.07) is 12.2. The van der Waals surface area contributed by atoms with E-state index in [4.69, 9.17) is 0 Å². The van der Waals surface area contributed by atoms with Gasteiger partial charge in [-0.2, -0.15) is 4.31 Å². The number of sulfonamides is 1. The van der Waals surface area contributed by atoms with Gasteiger partial charge in [0.05, 0.1) is 15.6 Å². The number of hydrogen-bond acceptors (Lipinski definition) is 6. The van der Waals surface area contributed by atoms with Crippen molar-refractivity contribution in [1.29, 1.82) is 0 Å². The molecule has 0 spiro atoms.